The number of carbonyl (C=O) groups excluding carboxylic acids is 1. The molecule has 0 radical (unpaired) electrons. The minimum absolute atomic E-state index is 0. The number of aryl methyl sites for hydroxylation is 1. The van der Waals surface area contributed by atoms with E-state index in [9.17, 15) is 9.18 Å². The van der Waals surface area contributed by atoms with Crippen LogP contribution in [0.4, 0.5) is 4.39 Å². The third-order valence-electron chi connectivity index (χ3n) is 5.26. The van der Waals surface area contributed by atoms with Gasteiger partial charge >= 0.3 is 0 Å². The number of carbonyl (C=O) groups is 1. The average molecular weight is 341 g/mol. The predicted molar refractivity (Wildman–Crippen MR) is 92.0 cm³/mol. The highest BCUT2D eigenvalue weighted by Crippen LogP contribution is 2.33. The molecule has 0 bridgehead atoms. The molecular formula is C18H26ClFN2O. The van der Waals surface area contributed by atoms with Gasteiger partial charge < -0.3 is 10.6 Å². The Morgan fingerprint density at radius 3 is 2.70 bits per heavy atom. The third-order valence-corrected chi connectivity index (χ3v) is 5.26. The molecule has 3 rings (SSSR count). The van der Waals surface area contributed by atoms with E-state index in [1.807, 2.05) is 17.0 Å². The summed E-state index contributed by atoms with van der Waals surface area (Å²) in [5.41, 5.74) is 6.35. The number of likely N-dealkylation sites (tertiary alicyclic amines) is 1. The molecule has 1 aromatic rings. The van der Waals surface area contributed by atoms with Gasteiger partial charge in [-0.25, -0.2) is 4.39 Å². The first-order valence-corrected chi connectivity index (χ1v) is 8.40. The fraction of sp³-hybridized carbons (Fsp3) is 0.611. The van der Waals surface area contributed by atoms with E-state index in [4.69, 9.17) is 5.73 Å². The molecule has 2 fully saturated rings. The highest BCUT2D eigenvalue weighted by molar-refractivity contribution is 5.87. The summed E-state index contributed by atoms with van der Waals surface area (Å²) in [6.45, 7) is 1.61. The number of hydrogen-bond donors (Lipinski definition) is 1. The highest BCUT2D eigenvalue weighted by atomic mass is 35.5. The standard InChI is InChI=1S/C18H25FN2O.ClH/c19-16-7-2-1-6-15(16)9-8-14-5-3-12-21(13-14)17(22)18(20)10-4-11-18;/h1-2,6-7,14H,3-5,8-13,20H2;1H. The lowest BCUT2D eigenvalue weighted by molar-refractivity contribution is -0.142. The van der Waals surface area contributed by atoms with Crippen LogP contribution in [0.15, 0.2) is 24.3 Å². The van der Waals surface area contributed by atoms with Gasteiger partial charge in [0, 0.05) is 13.1 Å². The second-order valence-electron chi connectivity index (χ2n) is 6.90. The van der Waals surface area contributed by atoms with Crippen LogP contribution in [-0.2, 0) is 11.2 Å². The molecule has 1 amide bonds. The molecule has 3 nitrogen and oxygen atoms in total. The predicted octanol–water partition coefficient (Wildman–Crippen LogP) is 3.30. The number of nitrogens with zero attached hydrogens (tertiary/aromatic N) is 1. The normalized spacial score (nSPS) is 22.9. The van der Waals surface area contributed by atoms with E-state index in [0.717, 1.165) is 63.6 Å². The SMILES string of the molecule is Cl.NC1(C(=O)N2CCCC(CCc3ccccc3F)C2)CCC1. The summed E-state index contributed by atoms with van der Waals surface area (Å²) in [6.07, 6.45) is 6.53. The summed E-state index contributed by atoms with van der Waals surface area (Å²) in [5.74, 6) is 0.469. The Kier molecular flexibility index (Phi) is 6.04. The van der Waals surface area contributed by atoms with Crippen LogP contribution < -0.4 is 5.73 Å². The number of rotatable bonds is 4. The molecule has 1 unspecified atom stereocenters. The first kappa shape index (κ1) is 18.2. The van der Waals surface area contributed by atoms with Crippen molar-refractivity contribution in [1.82, 2.24) is 4.90 Å². The van der Waals surface area contributed by atoms with Crippen molar-refractivity contribution in [3.8, 4) is 0 Å². The monoisotopic (exact) mass is 340 g/mol. The Morgan fingerprint density at radius 2 is 2.04 bits per heavy atom. The number of benzene rings is 1. The molecule has 2 aliphatic rings. The summed E-state index contributed by atoms with van der Waals surface area (Å²) < 4.78 is 13.7. The van der Waals surface area contributed by atoms with Crippen LogP contribution in [0.5, 0.6) is 0 Å². The molecule has 1 saturated carbocycles. The Bertz CT molecular complexity index is 548. The quantitative estimate of drug-likeness (QED) is 0.914. The summed E-state index contributed by atoms with van der Waals surface area (Å²) >= 11 is 0. The van der Waals surface area contributed by atoms with Gasteiger partial charge in [0.2, 0.25) is 5.91 Å². The number of hydrogen-bond acceptors (Lipinski definition) is 2. The molecule has 0 aromatic heterocycles. The lowest BCUT2D eigenvalue weighted by atomic mass is 9.76. The number of halogens is 2. The van der Waals surface area contributed by atoms with E-state index in [0.29, 0.717) is 5.92 Å². The van der Waals surface area contributed by atoms with Crippen LogP contribution in [-0.4, -0.2) is 29.4 Å². The molecule has 1 atom stereocenters. The lowest BCUT2D eigenvalue weighted by Gasteiger charge is -2.43. The fourth-order valence-corrected chi connectivity index (χ4v) is 3.63. The Balaban J connectivity index is 0.00000192. The fourth-order valence-electron chi connectivity index (χ4n) is 3.63. The molecule has 2 N–H and O–H groups in total. The summed E-state index contributed by atoms with van der Waals surface area (Å²) in [5, 5.41) is 0. The topological polar surface area (TPSA) is 46.3 Å². The van der Waals surface area contributed by atoms with E-state index in [1.54, 1.807) is 6.07 Å². The zero-order chi connectivity index (χ0) is 15.6. The summed E-state index contributed by atoms with van der Waals surface area (Å²) in [7, 11) is 0. The zero-order valence-electron chi connectivity index (χ0n) is 13.5. The van der Waals surface area contributed by atoms with Crippen molar-refractivity contribution in [2.24, 2.45) is 11.7 Å². The van der Waals surface area contributed by atoms with Crippen LogP contribution in [0.25, 0.3) is 0 Å². The Labute approximate surface area is 143 Å². The molecule has 1 saturated heterocycles. The minimum atomic E-state index is -0.590. The number of nitrogens with two attached hydrogens (primary N) is 1. The van der Waals surface area contributed by atoms with Crippen LogP contribution in [0.3, 0.4) is 0 Å². The summed E-state index contributed by atoms with van der Waals surface area (Å²) in [6, 6.07) is 6.97. The first-order chi connectivity index (χ1) is 10.6. The zero-order valence-corrected chi connectivity index (χ0v) is 14.3. The van der Waals surface area contributed by atoms with Crippen LogP contribution in [0.2, 0.25) is 0 Å². The molecule has 1 aromatic carbocycles. The second kappa shape index (κ2) is 7.63. The van der Waals surface area contributed by atoms with Gasteiger partial charge in [-0.1, -0.05) is 18.2 Å². The van der Waals surface area contributed by atoms with E-state index < -0.39 is 5.54 Å². The van der Waals surface area contributed by atoms with Crippen molar-refractivity contribution in [2.45, 2.75) is 50.5 Å². The Morgan fingerprint density at radius 1 is 1.30 bits per heavy atom. The highest BCUT2D eigenvalue weighted by Gasteiger charge is 2.43. The average Bonchev–Trinajstić information content (AvgIpc) is 2.51. The number of amides is 1. The minimum Gasteiger partial charge on any atom is -0.341 e. The second-order valence-corrected chi connectivity index (χ2v) is 6.90. The molecule has 5 heteroatoms. The molecule has 0 spiro atoms. The third kappa shape index (κ3) is 4.04. The van der Waals surface area contributed by atoms with Crippen molar-refractivity contribution in [2.75, 3.05) is 13.1 Å². The number of piperidine rings is 1. The van der Waals surface area contributed by atoms with Crippen LogP contribution in [0, 0.1) is 11.7 Å². The molecule has 1 aliphatic heterocycles. The van der Waals surface area contributed by atoms with Gasteiger partial charge in [-0.3, -0.25) is 4.79 Å². The molecular weight excluding hydrogens is 315 g/mol. The maximum atomic E-state index is 13.7. The van der Waals surface area contributed by atoms with Gasteiger partial charge in [-0.2, -0.15) is 0 Å². The first-order valence-electron chi connectivity index (χ1n) is 8.40. The van der Waals surface area contributed by atoms with E-state index in [-0.39, 0.29) is 24.1 Å². The van der Waals surface area contributed by atoms with Crippen molar-refractivity contribution in [1.29, 1.82) is 0 Å². The lowest BCUT2D eigenvalue weighted by Crippen LogP contribution is -2.60. The van der Waals surface area contributed by atoms with E-state index in [2.05, 4.69) is 0 Å². The molecule has 128 valence electrons. The maximum Gasteiger partial charge on any atom is 0.242 e. The van der Waals surface area contributed by atoms with Crippen molar-refractivity contribution in [3.63, 3.8) is 0 Å². The smallest absolute Gasteiger partial charge is 0.242 e. The Hall–Kier alpha value is -1.13. The molecule has 1 heterocycles. The summed E-state index contributed by atoms with van der Waals surface area (Å²) in [4.78, 5) is 14.5. The molecule has 23 heavy (non-hydrogen) atoms. The van der Waals surface area contributed by atoms with Gasteiger partial charge in [0.25, 0.3) is 0 Å². The van der Waals surface area contributed by atoms with Crippen molar-refractivity contribution < 1.29 is 9.18 Å². The van der Waals surface area contributed by atoms with Crippen molar-refractivity contribution >= 4 is 18.3 Å². The van der Waals surface area contributed by atoms with Gasteiger partial charge in [0.05, 0.1) is 5.54 Å². The van der Waals surface area contributed by atoms with E-state index >= 15 is 0 Å². The van der Waals surface area contributed by atoms with E-state index in [1.165, 1.54) is 6.07 Å². The molecule has 1 aliphatic carbocycles. The van der Waals surface area contributed by atoms with Gasteiger partial charge in [-0.15, -0.1) is 12.4 Å². The van der Waals surface area contributed by atoms with Gasteiger partial charge in [0.15, 0.2) is 0 Å². The van der Waals surface area contributed by atoms with Crippen molar-refractivity contribution in [3.05, 3.63) is 35.6 Å². The maximum absolute atomic E-state index is 13.7. The largest absolute Gasteiger partial charge is 0.341 e. The van der Waals surface area contributed by atoms with Gasteiger partial charge in [-0.05, 0) is 62.5 Å². The van der Waals surface area contributed by atoms with Crippen LogP contribution in [0.1, 0.15) is 44.1 Å². The van der Waals surface area contributed by atoms with Gasteiger partial charge in [0.1, 0.15) is 5.82 Å². The van der Waals surface area contributed by atoms with Crippen LogP contribution >= 0.6 is 12.4 Å².